The number of anilines is 1. The predicted octanol–water partition coefficient (Wildman–Crippen LogP) is 3.65. The molecule has 8 heteroatoms. The van der Waals surface area contributed by atoms with Gasteiger partial charge in [0.05, 0.1) is 5.56 Å². The van der Waals surface area contributed by atoms with Gasteiger partial charge in [-0.05, 0) is 42.8 Å². The highest BCUT2D eigenvalue weighted by Gasteiger charge is 2.22. The van der Waals surface area contributed by atoms with Crippen LogP contribution in [0.25, 0.3) is 0 Å². The van der Waals surface area contributed by atoms with E-state index in [2.05, 4.69) is 21.6 Å². The second kappa shape index (κ2) is 6.10. The number of nitrogens with one attached hydrogen (secondary N) is 1. The van der Waals surface area contributed by atoms with Crippen molar-refractivity contribution < 1.29 is 4.79 Å². The van der Waals surface area contributed by atoms with E-state index in [0.29, 0.717) is 10.6 Å². The summed E-state index contributed by atoms with van der Waals surface area (Å²) in [5.41, 5.74) is 1.70. The third kappa shape index (κ3) is 2.93. The molecule has 1 N–H and O–H groups in total. The molecule has 2 aromatic rings. The number of carbonyl (C=O) groups excluding carboxylic acids is 1. The standard InChI is InChI=1S/C13H11ClN4OS2/c14-13-18-17-12(21-13)10(19)16-11-8(6-15)7-4-2-1-3-5-9(7)20-11/h1-5H2,(H,16,19). The predicted molar refractivity (Wildman–Crippen MR) is 83.2 cm³/mol. The number of halogens is 1. The Labute approximate surface area is 134 Å². The van der Waals surface area contributed by atoms with E-state index in [9.17, 15) is 10.1 Å². The Hall–Kier alpha value is -1.49. The summed E-state index contributed by atoms with van der Waals surface area (Å²) in [4.78, 5) is 13.3. The molecule has 0 saturated carbocycles. The molecule has 5 nitrogen and oxygen atoms in total. The molecule has 0 bridgehead atoms. The van der Waals surface area contributed by atoms with Gasteiger partial charge in [-0.1, -0.05) is 17.8 Å². The van der Waals surface area contributed by atoms with E-state index in [1.807, 2.05) is 0 Å². The van der Waals surface area contributed by atoms with Gasteiger partial charge in [-0.15, -0.1) is 21.5 Å². The molecule has 3 rings (SSSR count). The molecule has 1 amide bonds. The SMILES string of the molecule is N#Cc1c(NC(=O)c2nnc(Cl)s2)sc2c1CCCCC2. The van der Waals surface area contributed by atoms with Crippen molar-refractivity contribution >= 4 is 45.2 Å². The van der Waals surface area contributed by atoms with Crippen molar-refractivity contribution in [3.63, 3.8) is 0 Å². The number of hydrogen-bond donors (Lipinski definition) is 1. The fourth-order valence-electron chi connectivity index (χ4n) is 2.40. The summed E-state index contributed by atoms with van der Waals surface area (Å²) in [7, 11) is 0. The van der Waals surface area contributed by atoms with E-state index in [1.165, 1.54) is 22.6 Å². The maximum absolute atomic E-state index is 12.1. The zero-order valence-electron chi connectivity index (χ0n) is 11.0. The van der Waals surface area contributed by atoms with Gasteiger partial charge in [0.15, 0.2) is 0 Å². The minimum atomic E-state index is -0.368. The average Bonchev–Trinajstić information content (AvgIpc) is 2.96. The van der Waals surface area contributed by atoms with E-state index in [4.69, 9.17) is 11.6 Å². The van der Waals surface area contributed by atoms with Gasteiger partial charge in [-0.2, -0.15) is 5.26 Å². The average molecular weight is 339 g/mol. The van der Waals surface area contributed by atoms with E-state index in [-0.39, 0.29) is 15.4 Å². The van der Waals surface area contributed by atoms with Crippen LogP contribution in [0, 0.1) is 11.3 Å². The molecule has 0 aromatic carbocycles. The van der Waals surface area contributed by atoms with Crippen molar-refractivity contribution in [2.24, 2.45) is 0 Å². The second-order valence-electron chi connectivity index (χ2n) is 4.69. The van der Waals surface area contributed by atoms with Gasteiger partial charge < -0.3 is 5.32 Å². The number of fused-ring (bicyclic) bond motifs is 1. The first-order chi connectivity index (χ1) is 10.2. The molecule has 0 spiro atoms. The molecule has 1 aliphatic carbocycles. The van der Waals surface area contributed by atoms with E-state index >= 15 is 0 Å². The van der Waals surface area contributed by atoms with Crippen LogP contribution in [0.15, 0.2) is 0 Å². The van der Waals surface area contributed by atoms with Crippen molar-refractivity contribution in [2.45, 2.75) is 32.1 Å². The molecule has 0 atom stereocenters. The summed E-state index contributed by atoms with van der Waals surface area (Å²) in [5, 5.41) is 20.3. The maximum Gasteiger partial charge on any atom is 0.287 e. The molecule has 2 aromatic heterocycles. The number of carbonyl (C=O) groups is 1. The smallest absolute Gasteiger partial charge is 0.287 e. The van der Waals surface area contributed by atoms with Gasteiger partial charge >= 0.3 is 0 Å². The number of thiophene rings is 1. The largest absolute Gasteiger partial charge is 0.310 e. The van der Waals surface area contributed by atoms with Crippen molar-refractivity contribution in [3.05, 3.63) is 25.5 Å². The van der Waals surface area contributed by atoms with E-state index < -0.39 is 0 Å². The fourth-order valence-corrected chi connectivity index (χ4v) is 4.36. The van der Waals surface area contributed by atoms with Crippen LogP contribution in [0.5, 0.6) is 0 Å². The number of aryl methyl sites for hydroxylation is 1. The molecule has 0 aliphatic heterocycles. The van der Waals surface area contributed by atoms with Gasteiger partial charge in [0.2, 0.25) is 9.47 Å². The minimum absolute atomic E-state index is 0.201. The molecule has 2 heterocycles. The van der Waals surface area contributed by atoms with Gasteiger partial charge in [-0.3, -0.25) is 4.79 Å². The summed E-state index contributed by atoms with van der Waals surface area (Å²) in [6, 6.07) is 2.23. The number of amides is 1. The van der Waals surface area contributed by atoms with E-state index in [1.54, 1.807) is 0 Å². The number of rotatable bonds is 2. The molecule has 108 valence electrons. The molecule has 1 aliphatic rings. The van der Waals surface area contributed by atoms with Gasteiger partial charge in [0, 0.05) is 4.88 Å². The summed E-state index contributed by atoms with van der Waals surface area (Å²) in [6.07, 6.45) is 5.32. The zero-order chi connectivity index (χ0) is 14.8. The number of nitriles is 1. The zero-order valence-corrected chi connectivity index (χ0v) is 13.4. The van der Waals surface area contributed by atoms with Crippen molar-refractivity contribution in [3.8, 4) is 6.07 Å². The first-order valence-electron chi connectivity index (χ1n) is 6.54. The molecular weight excluding hydrogens is 328 g/mol. The normalized spacial score (nSPS) is 14.1. The quantitative estimate of drug-likeness (QED) is 0.848. The van der Waals surface area contributed by atoms with Gasteiger partial charge in [-0.25, -0.2) is 0 Å². The highest BCUT2D eigenvalue weighted by Crippen LogP contribution is 2.37. The Morgan fingerprint density at radius 1 is 1.24 bits per heavy atom. The Kier molecular flexibility index (Phi) is 4.19. The monoisotopic (exact) mass is 338 g/mol. The molecular formula is C13H11ClN4OS2. The number of nitrogens with zero attached hydrogens (tertiary/aromatic N) is 3. The lowest BCUT2D eigenvalue weighted by molar-refractivity contribution is 0.102. The Morgan fingerprint density at radius 3 is 2.76 bits per heavy atom. The molecule has 0 radical (unpaired) electrons. The van der Waals surface area contributed by atoms with Crippen LogP contribution in [0.2, 0.25) is 4.47 Å². The third-order valence-electron chi connectivity index (χ3n) is 3.35. The van der Waals surface area contributed by atoms with E-state index in [0.717, 1.165) is 42.6 Å². The summed E-state index contributed by atoms with van der Waals surface area (Å²) in [6.45, 7) is 0. The topological polar surface area (TPSA) is 78.7 Å². The van der Waals surface area contributed by atoms with Crippen molar-refractivity contribution in [2.75, 3.05) is 5.32 Å². The van der Waals surface area contributed by atoms with Crippen LogP contribution in [-0.2, 0) is 12.8 Å². The van der Waals surface area contributed by atoms with Crippen LogP contribution in [0.1, 0.15) is 45.1 Å². The third-order valence-corrected chi connectivity index (χ3v) is 5.58. The fraction of sp³-hybridized carbons (Fsp3) is 0.385. The molecule has 0 fully saturated rings. The Morgan fingerprint density at radius 2 is 2.05 bits per heavy atom. The van der Waals surface area contributed by atoms with Crippen LogP contribution in [-0.4, -0.2) is 16.1 Å². The minimum Gasteiger partial charge on any atom is -0.310 e. The summed E-state index contributed by atoms with van der Waals surface area (Å²) in [5.74, 6) is -0.368. The van der Waals surface area contributed by atoms with Crippen LogP contribution in [0.4, 0.5) is 5.00 Å². The maximum atomic E-state index is 12.1. The first-order valence-corrected chi connectivity index (χ1v) is 8.55. The molecule has 0 saturated heterocycles. The summed E-state index contributed by atoms with van der Waals surface area (Å²) < 4.78 is 0.225. The lowest BCUT2D eigenvalue weighted by Crippen LogP contribution is -2.11. The molecule has 21 heavy (non-hydrogen) atoms. The van der Waals surface area contributed by atoms with Gasteiger partial charge in [0.1, 0.15) is 11.1 Å². The highest BCUT2D eigenvalue weighted by molar-refractivity contribution is 7.18. The van der Waals surface area contributed by atoms with Crippen LogP contribution in [0.3, 0.4) is 0 Å². The van der Waals surface area contributed by atoms with Crippen molar-refractivity contribution in [1.29, 1.82) is 5.26 Å². The van der Waals surface area contributed by atoms with Gasteiger partial charge in [0.25, 0.3) is 5.91 Å². The summed E-state index contributed by atoms with van der Waals surface area (Å²) >= 11 is 8.20. The lowest BCUT2D eigenvalue weighted by atomic mass is 10.1. The second-order valence-corrected chi connectivity index (χ2v) is 7.36. The molecule has 0 unspecified atom stereocenters. The first kappa shape index (κ1) is 14.4. The van der Waals surface area contributed by atoms with Crippen LogP contribution < -0.4 is 5.32 Å². The van der Waals surface area contributed by atoms with Crippen LogP contribution >= 0.6 is 34.3 Å². The van der Waals surface area contributed by atoms with Crippen molar-refractivity contribution in [1.82, 2.24) is 10.2 Å². The Bertz CT molecular complexity index is 731. The number of aromatic nitrogens is 2. The number of hydrogen-bond acceptors (Lipinski definition) is 6. The highest BCUT2D eigenvalue weighted by atomic mass is 35.5. The lowest BCUT2D eigenvalue weighted by Gasteiger charge is -2.01. The Balaban J connectivity index is 1.89.